The number of aromatic nitrogens is 3. The van der Waals surface area contributed by atoms with Crippen molar-refractivity contribution < 1.29 is 9.47 Å². The van der Waals surface area contributed by atoms with Gasteiger partial charge in [0.1, 0.15) is 0 Å². The second-order valence-corrected chi connectivity index (χ2v) is 9.15. The van der Waals surface area contributed by atoms with Crippen LogP contribution in [0.2, 0.25) is 0 Å². The van der Waals surface area contributed by atoms with Gasteiger partial charge < -0.3 is 9.47 Å². The van der Waals surface area contributed by atoms with E-state index in [0.29, 0.717) is 27.7 Å². The first-order valence-corrected chi connectivity index (χ1v) is 12.1. The van der Waals surface area contributed by atoms with Crippen molar-refractivity contribution in [1.82, 2.24) is 14.6 Å². The fourth-order valence-electron chi connectivity index (χ4n) is 3.28. The van der Waals surface area contributed by atoms with Crippen LogP contribution in [0.25, 0.3) is 21.7 Å². The van der Waals surface area contributed by atoms with Gasteiger partial charge >= 0.3 is 0 Å². The molecule has 0 fully saturated rings. The SMILES string of the molecule is CCCCCCCOc1ccc(/C=c2/sc3nc(-c4cccs4)nn3c2=O)cc1OC. The molecule has 0 unspecified atom stereocenters. The smallest absolute Gasteiger partial charge is 0.291 e. The maximum Gasteiger partial charge on any atom is 0.291 e. The Labute approximate surface area is 188 Å². The van der Waals surface area contributed by atoms with Crippen LogP contribution in [0.3, 0.4) is 0 Å². The normalized spacial score (nSPS) is 12.0. The molecule has 8 heteroatoms. The largest absolute Gasteiger partial charge is 0.493 e. The Morgan fingerprint density at radius 1 is 1.13 bits per heavy atom. The number of thiazole rings is 1. The van der Waals surface area contributed by atoms with Crippen molar-refractivity contribution in [3.8, 4) is 22.2 Å². The van der Waals surface area contributed by atoms with Gasteiger partial charge in [0, 0.05) is 0 Å². The second kappa shape index (κ2) is 10.1. The van der Waals surface area contributed by atoms with E-state index in [2.05, 4.69) is 17.0 Å². The summed E-state index contributed by atoms with van der Waals surface area (Å²) in [6, 6.07) is 9.61. The van der Waals surface area contributed by atoms with Gasteiger partial charge in [0.05, 0.1) is 23.1 Å². The highest BCUT2D eigenvalue weighted by Gasteiger charge is 2.13. The molecule has 0 radical (unpaired) electrons. The molecule has 0 spiro atoms. The number of hydrogen-bond donors (Lipinski definition) is 0. The third kappa shape index (κ3) is 4.97. The van der Waals surface area contributed by atoms with Crippen molar-refractivity contribution in [3.05, 3.63) is 56.2 Å². The van der Waals surface area contributed by atoms with Crippen molar-refractivity contribution in [2.45, 2.75) is 39.0 Å². The Kier molecular flexibility index (Phi) is 6.99. The molecule has 3 aromatic heterocycles. The van der Waals surface area contributed by atoms with E-state index < -0.39 is 0 Å². The van der Waals surface area contributed by atoms with Gasteiger partial charge in [0.15, 0.2) is 17.3 Å². The van der Waals surface area contributed by atoms with Crippen molar-refractivity contribution in [2.75, 3.05) is 13.7 Å². The molecule has 0 bridgehead atoms. The van der Waals surface area contributed by atoms with E-state index in [1.807, 2.05) is 41.8 Å². The van der Waals surface area contributed by atoms with E-state index in [1.54, 1.807) is 18.4 Å². The first-order chi connectivity index (χ1) is 15.2. The van der Waals surface area contributed by atoms with Gasteiger partial charge in [0.25, 0.3) is 5.56 Å². The monoisotopic (exact) mass is 455 g/mol. The van der Waals surface area contributed by atoms with E-state index >= 15 is 0 Å². The molecule has 0 aliphatic heterocycles. The molecular formula is C23H25N3O3S2. The van der Waals surface area contributed by atoms with Crippen molar-refractivity contribution in [2.24, 2.45) is 0 Å². The second-order valence-electron chi connectivity index (χ2n) is 7.20. The third-order valence-electron chi connectivity index (χ3n) is 4.91. The fraction of sp³-hybridized carbons (Fsp3) is 0.348. The number of unbranched alkanes of at least 4 members (excludes halogenated alkanes) is 4. The minimum Gasteiger partial charge on any atom is -0.493 e. The van der Waals surface area contributed by atoms with Crippen molar-refractivity contribution in [3.63, 3.8) is 0 Å². The Morgan fingerprint density at radius 2 is 2.00 bits per heavy atom. The highest BCUT2D eigenvalue weighted by Crippen LogP contribution is 2.28. The highest BCUT2D eigenvalue weighted by molar-refractivity contribution is 7.15. The van der Waals surface area contributed by atoms with Gasteiger partial charge in [-0.05, 0) is 41.6 Å². The van der Waals surface area contributed by atoms with Gasteiger partial charge in [0.2, 0.25) is 4.96 Å². The maximum atomic E-state index is 12.8. The quantitative estimate of drug-likeness (QED) is 0.322. The number of ether oxygens (including phenoxy) is 2. The number of benzene rings is 1. The minimum atomic E-state index is -0.165. The average molecular weight is 456 g/mol. The van der Waals surface area contributed by atoms with E-state index in [4.69, 9.17) is 9.47 Å². The summed E-state index contributed by atoms with van der Waals surface area (Å²) >= 11 is 2.89. The molecule has 0 amide bonds. The molecule has 6 nitrogen and oxygen atoms in total. The summed E-state index contributed by atoms with van der Waals surface area (Å²) in [5.74, 6) is 1.97. The molecule has 3 heterocycles. The molecule has 31 heavy (non-hydrogen) atoms. The molecule has 0 N–H and O–H groups in total. The molecule has 162 valence electrons. The topological polar surface area (TPSA) is 65.7 Å². The van der Waals surface area contributed by atoms with Crippen LogP contribution < -0.4 is 19.6 Å². The molecule has 0 aliphatic carbocycles. The number of thiophene rings is 1. The summed E-state index contributed by atoms with van der Waals surface area (Å²) < 4.78 is 13.4. The van der Waals surface area contributed by atoms with Crippen molar-refractivity contribution in [1.29, 1.82) is 0 Å². The van der Waals surface area contributed by atoms with Crippen LogP contribution in [0.4, 0.5) is 0 Å². The van der Waals surface area contributed by atoms with E-state index in [0.717, 1.165) is 22.6 Å². The number of nitrogens with zero attached hydrogens (tertiary/aromatic N) is 3. The summed E-state index contributed by atoms with van der Waals surface area (Å²) in [6.45, 7) is 2.89. The summed E-state index contributed by atoms with van der Waals surface area (Å²) in [5.41, 5.74) is 0.703. The van der Waals surface area contributed by atoms with E-state index in [1.165, 1.54) is 41.5 Å². The standard InChI is InChI=1S/C23H25N3O3S2/c1-3-4-5-6-7-12-29-17-11-10-16(14-18(17)28-2)15-20-22(27)26-23(31-20)24-21(25-26)19-9-8-13-30-19/h8-11,13-15H,3-7,12H2,1-2H3/b20-15+. The Balaban J connectivity index is 1.51. The summed E-state index contributed by atoms with van der Waals surface area (Å²) in [7, 11) is 1.63. The lowest BCUT2D eigenvalue weighted by Crippen LogP contribution is -2.23. The molecular weight excluding hydrogens is 430 g/mol. The summed E-state index contributed by atoms with van der Waals surface area (Å²) in [4.78, 5) is 18.8. The van der Waals surface area contributed by atoms with Crippen LogP contribution in [0.1, 0.15) is 44.6 Å². The average Bonchev–Trinajstić information content (AvgIpc) is 3.50. The van der Waals surface area contributed by atoms with Gasteiger partial charge in [-0.3, -0.25) is 4.79 Å². The van der Waals surface area contributed by atoms with Crippen molar-refractivity contribution >= 4 is 33.7 Å². The van der Waals surface area contributed by atoms with Gasteiger partial charge in [-0.15, -0.1) is 16.4 Å². The lowest BCUT2D eigenvalue weighted by Gasteiger charge is -2.11. The predicted molar refractivity (Wildman–Crippen MR) is 126 cm³/mol. The Morgan fingerprint density at radius 3 is 2.74 bits per heavy atom. The lowest BCUT2D eigenvalue weighted by molar-refractivity contribution is 0.285. The molecule has 0 saturated heterocycles. The van der Waals surface area contributed by atoms with Gasteiger partial charge in [-0.1, -0.05) is 56.1 Å². The zero-order chi connectivity index (χ0) is 21.6. The molecule has 4 aromatic rings. The maximum absolute atomic E-state index is 12.8. The van der Waals surface area contributed by atoms with Gasteiger partial charge in [-0.25, -0.2) is 0 Å². The highest BCUT2D eigenvalue weighted by atomic mass is 32.1. The Hall–Kier alpha value is -2.71. The number of hydrogen-bond acceptors (Lipinski definition) is 7. The van der Waals surface area contributed by atoms with Crippen LogP contribution in [0.5, 0.6) is 11.5 Å². The first kappa shape index (κ1) is 21.5. The van der Waals surface area contributed by atoms with Crippen LogP contribution in [-0.2, 0) is 0 Å². The number of methoxy groups -OCH3 is 1. The Bertz CT molecular complexity index is 1250. The first-order valence-electron chi connectivity index (χ1n) is 10.5. The summed E-state index contributed by atoms with van der Waals surface area (Å²) in [6.07, 6.45) is 7.80. The lowest BCUT2D eigenvalue weighted by atomic mass is 10.1. The number of rotatable bonds is 10. The zero-order valence-electron chi connectivity index (χ0n) is 17.7. The summed E-state index contributed by atoms with van der Waals surface area (Å²) in [5, 5.41) is 6.34. The molecule has 0 aliphatic rings. The van der Waals surface area contributed by atoms with Crippen LogP contribution in [-0.4, -0.2) is 28.3 Å². The predicted octanol–water partition coefficient (Wildman–Crippen LogP) is 4.79. The number of fused-ring (bicyclic) bond motifs is 1. The van der Waals surface area contributed by atoms with Crippen LogP contribution in [0.15, 0.2) is 40.5 Å². The minimum absolute atomic E-state index is 0.165. The van der Waals surface area contributed by atoms with Crippen LogP contribution >= 0.6 is 22.7 Å². The van der Waals surface area contributed by atoms with E-state index in [-0.39, 0.29) is 5.56 Å². The van der Waals surface area contributed by atoms with Gasteiger partial charge in [-0.2, -0.15) is 9.50 Å². The zero-order valence-corrected chi connectivity index (χ0v) is 19.3. The fourth-order valence-corrected chi connectivity index (χ4v) is 4.84. The molecule has 0 saturated carbocycles. The van der Waals surface area contributed by atoms with Crippen LogP contribution in [0, 0.1) is 0 Å². The third-order valence-corrected chi connectivity index (χ3v) is 6.74. The molecule has 4 rings (SSSR count). The molecule has 0 atom stereocenters. The molecule has 1 aromatic carbocycles. The van der Waals surface area contributed by atoms with E-state index in [9.17, 15) is 4.79 Å².